The summed E-state index contributed by atoms with van der Waals surface area (Å²) in [6.07, 6.45) is 1.99. The Hall–Kier alpha value is -0.390. The molecule has 12 atom stereocenters. The molecule has 4 rings (SSSR count). The minimum Gasteiger partial charge on any atom is -0.264 e. The topological polar surface area (TPSA) is 191 Å². The number of hydrogen-bond acceptors (Lipinski definition) is 9. The minimum atomic E-state index is -5.06. The van der Waals surface area contributed by atoms with Gasteiger partial charge >= 0.3 is 31.2 Å². The van der Waals surface area contributed by atoms with E-state index in [1.807, 2.05) is 6.92 Å². The van der Waals surface area contributed by atoms with Gasteiger partial charge in [-0.2, -0.15) is 25.3 Å². The van der Waals surface area contributed by atoms with Crippen molar-refractivity contribution >= 4 is 31.2 Å². The lowest BCUT2D eigenvalue weighted by Crippen LogP contribution is -2.62. The molecule has 0 aliphatic heterocycles. The Balaban J connectivity index is 1.67. The summed E-state index contributed by atoms with van der Waals surface area (Å²) in [5.74, 6) is 1.84. The fourth-order valence-corrected chi connectivity index (χ4v) is 11.6. The van der Waals surface area contributed by atoms with Gasteiger partial charge in [0.25, 0.3) is 0 Å². The van der Waals surface area contributed by atoms with Crippen molar-refractivity contribution in [1.29, 1.82) is 0 Å². The van der Waals surface area contributed by atoms with Gasteiger partial charge in [0.05, 0.1) is 6.10 Å². The standard InChI is InChI=1S/C28H50O12S3/c1-16(2)17(3)7-8-18(4)20-9-10-21-19-13-24(38-41(29,30)31)23-14-25(39-42(32,33)34)26(40-43(35,36)37)15-28(23,6)22(19)11-12-27(20,21)5/h16-26H,7-15H2,1-6H3,(H,29,30,31)(H,32,33,34)(H,35,36,37)/t17?,18-,19+,20-,21+,22+,23?,24+,25+,26+,27-,28-/m1/s1. The van der Waals surface area contributed by atoms with Crippen LogP contribution >= 0.6 is 0 Å². The first-order valence-electron chi connectivity index (χ1n) is 15.5. The summed E-state index contributed by atoms with van der Waals surface area (Å²) in [5.41, 5.74) is -0.798. The molecule has 0 heterocycles. The highest BCUT2D eigenvalue weighted by Gasteiger charge is 2.65. The van der Waals surface area contributed by atoms with Crippen molar-refractivity contribution in [3.63, 3.8) is 0 Å². The lowest BCUT2D eigenvalue weighted by atomic mass is 9.43. The van der Waals surface area contributed by atoms with Crippen LogP contribution in [0.15, 0.2) is 0 Å². The van der Waals surface area contributed by atoms with E-state index >= 15 is 0 Å². The predicted molar refractivity (Wildman–Crippen MR) is 158 cm³/mol. The van der Waals surface area contributed by atoms with Gasteiger partial charge in [-0.05, 0) is 103 Å². The molecule has 0 bridgehead atoms. The SMILES string of the molecule is CC(C)C(C)CC[C@@H](C)[C@H]1CC[C@H]2[C@@H]3C[C@H](OS(=O)(=O)O)C4C[C@H](OS(=O)(=O)O)[C@@H](OS(=O)(=O)O)C[C@]4(C)[C@H]3CC[C@]12C. The average molecular weight is 675 g/mol. The smallest absolute Gasteiger partial charge is 0.264 e. The van der Waals surface area contributed by atoms with Gasteiger partial charge in [-0.1, -0.05) is 54.4 Å². The van der Waals surface area contributed by atoms with Crippen LogP contribution in [0.1, 0.15) is 99.3 Å². The van der Waals surface area contributed by atoms with E-state index in [4.69, 9.17) is 12.5 Å². The van der Waals surface area contributed by atoms with Gasteiger partial charge in [-0.25, -0.2) is 12.5 Å². The summed E-state index contributed by atoms with van der Waals surface area (Å²) in [7, 11) is -15.0. The molecule has 4 aliphatic carbocycles. The van der Waals surface area contributed by atoms with Crippen molar-refractivity contribution < 1.29 is 51.5 Å². The minimum absolute atomic E-state index is 0.00367. The Morgan fingerprint density at radius 3 is 1.77 bits per heavy atom. The molecule has 0 spiro atoms. The van der Waals surface area contributed by atoms with E-state index in [-0.39, 0.29) is 36.0 Å². The molecule has 4 fully saturated rings. The number of fused-ring (bicyclic) bond motifs is 5. The van der Waals surface area contributed by atoms with Crippen molar-refractivity contribution in [2.45, 2.75) is 118 Å². The zero-order valence-electron chi connectivity index (χ0n) is 26.0. The highest BCUT2D eigenvalue weighted by Crippen LogP contribution is 2.69. The zero-order chi connectivity index (χ0) is 32.3. The normalized spacial score (nSPS) is 41.7. The lowest BCUT2D eigenvalue weighted by molar-refractivity contribution is -0.184. The first kappa shape index (κ1) is 35.5. The van der Waals surface area contributed by atoms with Crippen LogP contribution in [0.5, 0.6) is 0 Å². The summed E-state index contributed by atoms with van der Waals surface area (Å²) in [4.78, 5) is 0. The molecule has 3 N–H and O–H groups in total. The summed E-state index contributed by atoms with van der Waals surface area (Å²) in [6, 6.07) is 0. The van der Waals surface area contributed by atoms with E-state index in [9.17, 15) is 38.9 Å². The molecule has 0 radical (unpaired) electrons. The fraction of sp³-hybridized carbons (Fsp3) is 1.00. The van der Waals surface area contributed by atoms with Crippen LogP contribution in [0, 0.1) is 58.2 Å². The maximum Gasteiger partial charge on any atom is 0.397 e. The molecule has 0 saturated heterocycles. The van der Waals surface area contributed by atoms with Crippen LogP contribution in [0.3, 0.4) is 0 Å². The zero-order valence-corrected chi connectivity index (χ0v) is 28.4. The molecule has 0 aromatic heterocycles. The highest BCUT2D eigenvalue weighted by molar-refractivity contribution is 7.81. The maximum absolute atomic E-state index is 12.0. The van der Waals surface area contributed by atoms with Gasteiger partial charge in [0.15, 0.2) is 0 Å². The van der Waals surface area contributed by atoms with Crippen molar-refractivity contribution in [3.05, 3.63) is 0 Å². The second kappa shape index (κ2) is 12.3. The summed E-state index contributed by atoms with van der Waals surface area (Å²) < 4.78 is 114. The van der Waals surface area contributed by atoms with Crippen LogP contribution in [-0.2, 0) is 43.7 Å². The molecule has 0 amide bonds. The molecule has 0 aromatic rings. The quantitative estimate of drug-likeness (QED) is 0.245. The molecule has 4 saturated carbocycles. The molecule has 0 aromatic carbocycles. The average Bonchev–Trinajstić information content (AvgIpc) is 3.18. The van der Waals surface area contributed by atoms with E-state index < -0.39 is 60.8 Å². The van der Waals surface area contributed by atoms with E-state index in [1.54, 1.807) is 0 Å². The van der Waals surface area contributed by atoms with E-state index in [1.165, 1.54) is 0 Å². The van der Waals surface area contributed by atoms with Crippen LogP contribution in [0.25, 0.3) is 0 Å². The first-order chi connectivity index (χ1) is 19.5. The Bertz CT molecular complexity index is 1330. The van der Waals surface area contributed by atoms with Gasteiger partial charge in [-0.3, -0.25) is 13.7 Å². The van der Waals surface area contributed by atoms with Crippen molar-refractivity contribution in [2.75, 3.05) is 0 Å². The second-order valence-corrected chi connectivity index (χ2v) is 18.0. The number of rotatable bonds is 11. The third-order valence-corrected chi connectivity index (χ3v) is 13.8. The second-order valence-electron chi connectivity index (χ2n) is 14.9. The van der Waals surface area contributed by atoms with Crippen LogP contribution in [0.4, 0.5) is 0 Å². The van der Waals surface area contributed by atoms with Gasteiger partial charge < -0.3 is 0 Å². The largest absolute Gasteiger partial charge is 0.397 e. The predicted octanol–water partition coefficient (Wildman–Crippen LogP) is 5.14. The van der Waals surface area contributed by atoms with E-state index in [0.717, 1.165) is 38.5 Å². The van der Waals surface area contributed by atoms with Gasteiger partial charge in [0.2, 0.25) is 0 Å². The third-order valence-electron chi connectivity index (χ3n) is 12.3. The molecule has 43 heavy (non-hydrogen) atoms. The molecule has 12 nitrogen and oxygen atoms in total. The Labute approximate surface area is 257 Å². The molecule has 4 aliphatic rings. The third kappa shape index (κ3) is 7.78. The van der Waals surface area contributed by atoms with Crippen molar-refractivity contribution in [1.82, 2.24) is 0 Å². The van der Waals surface area contributed by atoms with Gasteiger partial charge in [0.1, 0.15) is 12.2 Å². The fourth-order valence-electron chi connectivity index (χ4n) is 10.1. The maximum atomic E-state index is 12.0. The van der Waals surface area contributed by atoms with Gasteiger partial charge in [-0.15, -0.1) is 0 Å². The van der Waals surface area contributed by atoms with Crippen LogP contribution in [-0.4, -0.2) is 57.2 Å². The lowest BCUT2D eigenvalue weighted by Gasteiger charge is -2.63. The Morgan fingerprint density at radius 2 is 1.21 bits per heavy atom. The molecular weight excluding hydrogens is 624 g/mol. The summed E-state index contributed by atoms with van der Waals surface area (Å²) in [6.45, 7) is 13.4. The molecule has 15 heteroatoms. The molecular formula is C28H50O12S3. The van der Waals surface area contributed by atoms with E-state index in [2.05, 4.69) is 34.6 Å². The Morgan fingerprint density at radius 1 is 0.674 bits per heavy atom. The summed E-state index contributed by atoms with van der Waals surface area (Å²) >= 11 is 0. The van der Waals surface area contributed by atoms with Crippen molar-refractivity contribution in [3.8, 4) is 0 Å². The van der Waals surface area contributed by atoms with Crippen LogP contribution < -0.4 is 0 Å². The van der Waals surface area contributed by atoms with E-state index in [0.29, 0.717) is 30.1 Å². The van der Waals surface area contributed by atoms with Gasteiger partial charge in [0, 0.05) is 0 Å². The first-order valence-corrected chi connectivity index (χ1v) is 19.6. The monoisotopic (exact) mass is 674 g/mol. The molecule has 252 valence electrons. The summed E-state index contributed by atoms with van der Waals surface area (Å²) in [5, 5.41) is 0. The Kier molecular flexibility index (Phi) is 10.2. The van der Waals surface area contributed by atoms with Crippen LogP contribution in [0.2, 0.25) is 0 Å². The highest BCUT2D eigenvalue weighted by atomic mass is 32.3. The van der Waals surface area contributed by atoms with Crippen molar-refractivity contribution in [2.24, 2.45) is 58.2 Å². The number of hydrogen-bond donors (Lipinski definition) is 3. The molecule has 2 unspecified atom stereocenters.